The molecule has 1 fully saturated rings. The quantitative estimate of drug-likeness (QED) is 0.863. The molecule has 1 amide bonds. The Morgan fingerprint density at radius 1 is 1.61 bits per heavy atom. The molecule has 1 heterocycles. The zero-order chi connectivity index (χ0) is 13.1. The average Bonchev–Trinajstić information content (AvgIpc) is 2.76. The van der Waals surface area contributed by atoms with Gasteiger partial charge in [-0.1, -0.05) is 13.3 Å². The Bertz CT molecular complexity index is 450. The lowest BCUT2D eigenvalue weighted by Crippen LogP contribution is -2.29. The van der Waals surface area contributed by atoms with E-state index in [1.807, 2.05) is 0 Å². The lowest BCUT2D eigenvalue weighted by Gasteiger charge is -2.11. The number of pyridine rings is 1. The molecule has 0 aromatic carbocycles. The highest BCUT2D eigenvalue weighted by Crippen LogP contribution is 2.29. The summed E-state index contributed by atoms with van der Waals surface area (Å²) in [7, 11) is 0. The van der Waals surface area contributed by atoms with Gasteiger partial charge in [-0.15, -0.1) is 0 Å². The van der Waals surface area contributed by atoms with Crippen LogP contribution in [0.3, 0.4) is 0 Å². The smallest absolute Gasteiger partial charge is 0.254 e. The lowest BCUT2D eigenvalue weighted by molar-refractivity contribution is 0.0943. The molecule has 1 aliphatic rings. The van der Waals surface area contributed by atoms with Crippen LogP contribution in [0.2, 0.25) is 0 Å². The van der Waals surface area contributed by atoms with Gasteiger partial charge in [0.2, 0.25) is 0 Å². The molecular formula is C13H18FN3O. The number of carbonyl (C=O) groups is 1. The Kier molecular flexibility index (Phi) is 3.79. The molecule has 2 unspecified atom stereocenters. The second kappa shape index (κ2) is 5.33. The van der Waals surface area contributed by atoms with Crippen molar-refractivity contribution in [1.29, 1.82) is 0 Å². The number of rotatable bonds is 3. The summed E-state index contributed by atoms with van der Waals surface area (Å²) in [6.07, 6.45) is 4.80. The van der Waals surface area contributed by atoms with E-state index in [2.05, 4.69) is 17.2 Å². The van der Waals surface area contributed by atoms with Crippen LogP contribution in [0.25, 0.3) is 0 Å². The summed E-state index contributed by atoms with van der Waals surface area (Å²) >= 11 is 0. The van der Waals surface area contributed by atoms with Crippen molar-refractivity contribution in [3.8, 4) is 0 Å². The predicted octanol–water partition coefficient (Wildman–Crippen LogP) is 1.97. The number of carbonyl (C=O) groups excluding carboxylic acids is 1. The van der Waals surface area contributed by atoms with Gasteiger partial charge in [-0.05, 0) is 30.7 Å². The third kappa shape index (κ3) is 2.78. The number of aromatic nitrogens is 1. The molecule has 5 heteroatoms. The summed E-state index contributed by atoms with van der Waals surface area (Å²) in [6.45, 7) is 2.82. The Labute approximate surface area is 106 Å². The minimum absolute atomic E-state index is 0.0338. The van der Waals surface area contributed by atoms with Crippen molar-refractivity contribution in [2.45, 2.75) is 26.2 Å². The molecule has 2 rings (SSSR count). The predicted molar refractivity (Wildman–Crippen MR) is 67.4 cm³/mol. The van der Waals surface area contributed by atoms with Crippen LogP contribution in [0.15, 0.2) is 12.3 Å². The van der Waals surface area contributed by atoms with Gasteiger partial charge in [-0.2, -0.15) is 0 Å². The second-order valence-corrected chi connectivity index (χ2v) is 5.05. The maximum absolute atomic E-state index is 13.6. The highest BCUT2D eigenvalue weighted by molar-refractivity contribution is 5.95. The van der Waals surface area contributed by atoms with E-state index in [0.717, 1.165) is 18.8 Å². The standard InChI is InChI=1S/C13H18FN3O/c1-8-2-3-9(6-8)7-17-13(18)10-4-5-16-12(15)11(10)14/h4-5,8-9H,2-3,6-7H2,1H3,(H2,15,16)(H,17,18). The van der Waals surface area contributed by atoms with E-state index in [4.69, 9.17) is 5.73 Å². The Morgan fingerprint density at radius 3 is 3.06 bits per heavy atom. The first kappa shape index (κ1) is 12.8. The molecule has 1 aromatic heterocycles. The molecule has 18 heavy (non-hydrogen) atoms. The largest absolute Gasteiger partial charge is 0.381 e. The van der Waals surface area contributed by atoms with Crippen molar-refractivity contribution in [2.24, 2.45) is 11.8 Å². The van der Waals surface area contributed by atoms with Gasteiger partial charge < -0.3 is 11.1 Å². The van der Waals surface area contributed by atoms with Crippen LogP contribution in [0.1, 0.15) is 36.5 Å². The first-order valence-electron chi connectivity index (χ1n) is 6.26. The van der Waals surface area contributed by atoms with Crippen LogP contribution in [0, 0.1) is 17.7 Å². The van der Waals surface area contributed by atoms with Crippen LogP contribution in [-0.2, 0) is 0 Å². The molecule has 0 aliphatic heterocycles. The molecule has 0 spiro atoms. The minimum atomic E-state index is -0.741. The highest BCUT2D eigenvalue weighted by atomic mass is 19.1. The van der Waals surface area contributed by atoms with Crippen LogP contribution in [0.4, 0.5) is 10.2 Å². The summed E-state index contributed by atoms with van der Waals surface area (Å²) in [6, 6.07) is 1.35. The molecule has 0 saturated heterocycles. The van der Waals surface area contributed by atoms with E-state index in [1.165, 1.54) is 18.7 Å². The number of hydrogen-bond acceptors (Lipinski definition) is 3. The molecule has 98 valence electrons. The van der Waals surface area contributed by atoms with Gasteiger partial charge in [-0.25, -0.2) is 9.37 Å². The number of hydrogen-bond donors (Lipinski definition) is 2. The van der Waals surface area contributed by atoms with Crippen LogP contribution >= 0.6 is 0 Å². The average molecular weight is 251 g/mol. The number of nitrogen functional groups attached to an aromatic ring is 1. The number of nitrogens with two attached hydrogens (primary N) is 1. The first-order valence-corrected chi connectivity index (χ1v) is 6.26. The maximum Gasteiger partial charge on any atom is 0.254 e. The van der Waals surface area contributed by atoms with E-state index in [-0.39, 0.29) is 11.4 Å². The van der Waals surface area contributed by atoms with Gasteiger partial charge in [0.25, 0.3) is 5.91 Å². The van der Waals surface area contributed by atoms with E-state index >= 15 is 0 Å². The van der Waals surface area contributed by atoms with Gasteiger partial charge >= 0.3 is 0 Å². The number of anilines is 1. The fourth-order valence-electron chi connectivity index (χ4n) is 2.48. The normalized spacial score (nSPS) is 23.0. The number of nitrogens with one attached hydrogen (secondary N) is 1. The molecule has 0 radical (unpaired) electrons. The third-order valence-electron chi connectivity index (χ3n) is 3.52. The summed E-state index contributed by atoms with van der Waals surface area (Å²) in [5.41, 5.74) is 5.30. The zero-order valence-electron chi connectivity index (χ0n) is 10.4. The van der Waals surface area contributed by atoms with Crippen molar-refractivity contribution in [3.05, 3.63) is 23.6 Å². The fourth-order valence-corrected chi connectivity index (χ4v) is 2.48. The van der Waals surface area contributed by atoms with E-state index in [1.54, 1.807) is 0 Å². The monoisotopic (exact) mass is 251 g/mol. The van der Waals surface area contributed by atoms with Crippen LogP contribution in [0.5, 0.6) is 0 Å². The molecule has 1 saturated carbocycles. The lowest BCUT2D eigenvalue weighted by atomic mass is 10.1. The fraction of sp³-hybridized carbons (Fsp3) is 0.538. The highest BCUT2D eigenvalue weighted by Gasteiger charge is 2.22. The van der Waals surface area contributed by atoms with Crippen molar-refractivity contribution in [2.75, 3.05) is 12.3 Å². The SMILES string of the molecule is CC1CCC(CNC(=O)c2ccnc(N)c2F)C1. The first-order chi connectivity index (χ1) is 8.58. The minimum Gasteiger partial charge on any atom is -0.381 e. The van der Waals surface area contributed by atoms with Crippen LogP contribution in [-0.4, -0.2) is 17.4 Å². The van der Waals surface area contributed by atoms with Gasteiger partial charge in [-0.3, -0.25) is 4.79 Å². The topological polar surface area (TPSA) is 68.0 Å². The molecular weight excluding hydrogens is 233 g/mol. The molecule has 1 aromatic rings. The van der Waals surface area contributed by atoms with E-state index < -0.39 is 11.7 Å². The Balaban J connectivity index is 1.94. The zero-order valence-corrected chi connectivity index (χ0v) is 10.4. The number of amides is 1. The molecule has 3 N–H and O–H groups in total. The summed E-state index contributed by atoms with van der Waals surface area (Å²) in [4.78, 5) is 15.4. The van der Waals surface area contributed by atoms with Crippen molar-refractivity contribution in [3.63, 3.8) is 0 Å². The second-order valence-electron chi connectivity index (χ2n) is 5.05. The van der Waals surface area contributed by atoms with Crippen molar-refractivity contribution in [1.82, 2.24) is 10.3 Å². The molecule has 1 aliphatic carbocycles. The van der Waals surface area contributed by atoms with E-state index in [9.17, 15) is 9.18 Å². The summed E-state index contributed by atoms with van der Waals surface area (Å²) in [5.74, 6) is -0.167. The van der Waals surface area contributed by atoms with Gasteiger partial charge in [0.1, 0.15) is 0 Å². The van der Waals surface area contributed by atoms with Crippen LogP contribution < -0.4 is 11.1 Å². The third-order valence-corrected chi connectivity index (χ3v) is 3.52. The summed E-state index contributed by atoms with van der Waals surface area (Å²) < 4.78 is 13.6. The maximum atomic E-state index is 13.6. The molecule has 4 nitrogen and oxygen atoms in total. The molecule has 0 bridgehead atoms. The Hall–Kier alpha value is -1.65. The number of halogens is 1. The van der Waals surface area contributed by atoms with Crippen molar-refractivity contribution < 1.29 is 9.18 Å². The Morgan fingerprint density at radius 2 is 2.39 bits per heavy atom. The van der Waals surface area contributed by atoms with Crippen molar-refractivity contribution >= 4 is 11.7 Å². The van der Waals surface area contributed by atoms with Gasteiger partial charge in [0, 0.05) is 12.7 Å². The van der Waals surface area contributed by atoms with E-state index in [0.29, 0.717) is 12.5 Å². The number of nitrogens with zero attached hydrogens (tertiary/aromatic N) is 1. The van der Waals surface area contributed by atoms with Gasteiger partial charge in [0.15, 0.2) is 11.6 Å². The van der Waals surface area contributed by atoms with Gasteiger partial charge in [0.05, 0.1) is 5.56 Å². The summed E-state index contributed by atoms with van der Waals surface area (Å²) in [5, 5.41) is 2.77. The molecule has 2 atom stereocenters.